The zero-order valence-corrected chi connectivity index (χ0v) is 14.3. The van der Waals surface area contributed by atoms with E-state index in [4.69, 9.17) is 0 Å². The van der Waals surface area contributed by atoms with Crippen molar-refractivity contribution in [1.82, 2.24) is 4.90 Å². The normalized spacial score (nSPS) is 18.0. The van der Waals surface area contributed by atoms with Crippen LogP contribution in [0.25, 0.3) is 0 Å². The first kappa shape index (κ1) is 16.5. The third-order valence-electron chi connectivity index (χ3n) is 4.15. The number of likely N-dealkylation sites (tertiary alicyclic amines) is 1. The third kappa shape index (κ3) is 3.59. The van der Waals surface area contributed by atoms with Crippen LogP contribution in [0.1, 0.15) is 12.0 Å². The van der Waals surface area contributed by atoms with Crippen molar-refractivity contribution in [2.45, 2.75) is 23.1 Å². The standard InChI is InChI=1S/C18H20N2O3S/c1-20-11-10-17(18(20)21)19-15-7-5-6-14(12-15)13-24(22,23)16-8-3-2-4-9-16/h2-9,12,17,19H,10-11,13H2,1H3. The Morgan fingerprint density at radius 3 is 2.54 bits per heavy atom. The van der Waals surface area contributed by atoms with E-state index in [1.807, 2.05) is 6.07 Å². The van der Waals surface area contributed by atoms with Gasteiger partial charge in [-0.1, -0.05) is 30.3 Å². The van der Waals surface area contributed by atoms with Crippen LogP contribution in [0.15, 0.2) is 59.5 Å². The van der Waals surface area contributed by atoms with Crippen LogP contribution in [0.4, 0.5) is 5.69 Å². The number of anilines is 1. The minimum Gasteiger partial charge on any atom is -0.374 e. The fourth-order valence-electron chi connectivity index (χ4n) is 2.84. The quantitative estimate of drug-likeness (QED) is 0.904. The highest BCUT2D eigenvalue weighted by molar-refractivity contribution is 7.90. The Hall–Kier alpha value is -2.34. The molecule has 0 aromatic heterocycles. The van der Waals surface area contributed by atoms with Crippen LogP contribution >= 0.6 is 0 Å². The van der Waals surface area contributed by atoms with Crippen LogP contribution in [-0.2, 0) is 20.4 Å². The number of likely N-dealkylation sites (N-methyl/N-ethyl adjacent to an activating group) is 1. The minimum atomic E-state index is -3.38. The van der Waals surface area contributed by atoms with Gasteiger partial charge < -0.3 is 10.2 Å². The molecule has 1 atom stereocenters. The molecule has 1 aliphatic heterocycles. The average Bonchev–Trinajstić information content (AvgIpc) is 2.88. The molecule has 0 spiro atoms. The van der Waals surface area contributed by atoms with Gasteiger partial charge in [0.25, 0.3) is 0 Å². The van der Waals surface area contributed by atoms with E-state index in [-0.39, 0.29) is 17.7 Å². The van der Waals surface area contributed by atoms with Crippen molar-refractivity contribution in [1.29, 1.82) is 0 Å². The van der Waals surface area contributed by atoms with Gasteiger partial charge in [-0.3, -0.25) is 4.79 Å². The monoisotopic (exact) mass is 344 g/mol. The number of hydrogen-bond donors (Lipinski definition) is 1. The lowest BCUT2D eigenvalue weighted by atomic mass is 10.2. The van der Waals surface area contributed by atoms with E-state index < -0.39 is 9.84 Å². The zero-order chi connectivity index (χ0) is 17.2. The fourth-order valence-corrected chi connectivity index (χ4v) is 4.20. The number of carbonyl (C=O) groups is 1. The number of carbonyl (C=O) groups excluding carboxylic acids is 1. The lowest BCUT2D eigenvalue weighted by molar-refractivity contribution is -0.127. The predicted octanol–water partition coefficient (Wildman–Crippen LogP) is 2.30. The summed E-state index contributed by atoms with van der Waals surface area (Å²) in [7, 11) is -1.60. The molecule has 1 heterocycles. The van der Waals surface area contributed by atoms with Gasteiger partial charge in [0.1, 0.15) is 6.04 Å². The van der Waals surface area contributed by atoms with Gasteiger partial charge in [0.2, 0.25) is 5.91 Å². The van der Waals surface area contributed by atoms with Crippen molar-refractivity contribution in [3.63, 3.8) is 0 Å². The molecule has 0 aliphatic carbocycles. The van der Waals surface area contributed by atoms with E-state index in [9.17, 15) is 13.2 Å². The third-order valence-corrected chi connectivity index (χ3v) is 5.86. The van der Waals surface area contributed by atoms with E-state index >= 15 is 0 Å². The Labute approximate surface area is 142 Å². The average molecular weight is 344 g/mol. The molecule has 2 aromatic rings. The molecule has 1 unspecified atom stereocenters. The molecule has 1 fully saturated rings. The highest BCUT2D eigenvalue weighted by Gasteiger charge is 2.28. The molecule has 0 radical (unpaired) electrons. The van der Waals surface area contributed by atoms with Gasteiger partial charge in [0, 0.05) is 19.3 Å². The van der Waals surface area contributed by atoms with Gasteiger partial charge in [0.05, 0.1) is 10.6 Å². The second-order valence-electron chi connectivity index (χ2n) is 6.02. The maximum absolute atomic E-state index is 12.5. The van der Waals surface area contributed by atoms with Gasteiger partial charge in [-0.2, -0.15) is 0 Å². The van der Waals surface area contributed by atoms with Gasteiger partial charge in [0.15, 0.2) is 9.84 Å². The van der Waals surface area contributed by atoms with Crippen LogP contribution in [0.2, 0.25) is 0 Å². The first-order valence-corrected chi connectivity index (χ1v) is 9.49. The summed E-state index contributed by atoms with van der Waals surface area (Å²) in [5.41, 5.74) is 1.46. The Balaban J connectivity index is 1.75. The number of amides is 1. The summed E-state index contributed by atoms with van der Waals surface area (Å²) in [5.74, 6) is 0.00252. The van der Waals surface area contributed by atoms with Crippen LogP contribution in [0.3, 0.4) is 0 Å². The Kier molecular flexibility index (Phi) is 4.57. The minimum absolute atomic E-state index is 0.0644. The molecule has 2 aromatic carbocycles. The first-order chi connectivity index (χ1) is 11.5. The summed E-state index contributed by atoms with van der Waals surface area (Å²) in [5, 5.41) is 3.20. The van der Waals surface area contributed by atoms with Gasteiger partial charge in [-0.15, -0.1) is 0 Å². The maximum Gasteiger partial charge on any atom is 0.244 e. The smallest absolute Gasteiger partial charge is 0.244 e. The van der Waals surface area contributed by atoms with E-state index in [2.05, 4.69) is 5.32 Å². The topological polar surface area (TPSA) is 66.5 Å². The Morgan fingerprint density at radius 2 is 1.88 bits per heavy atom. The van der Waals surface area contributed by atoms with Crippen LogP contribution < -0.4 is 5.32 Å². The molecule has 5 nitrogen and oxygen atoms in total. The summed E-state index contributed by atoms with van der Waals surface area (Å²) in [6.07, 6.45) is 0.752. The fraction of sp³-hybridized carbons (Fsp3) is 0.278. The van der Waals surface area contributed by atoms with Crippen LogP contribution in [0, 0.1) is 0 Å². The number of rotatable bonds is 5. The van der Waals surface area contributed by atoms with Crippen molar-refractivity contribution in [3.8, 4) is 0 Å². The summed E-state index contributed by atoms with van der Waals surface area (Å²) in [6.45, 7) is 0.735. The maximum atomic E-state index is 12.5. The molecule has 0 bridgehead atoms. The van der Waals surface area contributed by atoms with E-state index in [0.29, 0.717) is 10.5 Å². The molecule has 1 saturated heterocycles. The van der Waals surface area contributed by atoms with Crippen LogP contribution in [0.5, 0.6) is 0 Å². The lowest BCUT2D eigenvalue weighted by Crippen LogP contribution is -2.30. The van der Waals surface area contributed by atoms with E-state index in [1.165, 1.54) is 0 Å². The molecule has 1 amide bonds. The number of benzene rings is 2. The predicted molar refractivity (Wildman–Crippen MR) is 93.4 cm³/mol. The number of hydrogen-bond acceptors (Lipinski definition) is 4. The highest BCUT2D eigenvalue weighted by atomic mass is 32.2. The zero-order valence-electron chi connectivity index (χ0n) is 13.5. The largest absolute Gasteiger partial charge is 0.374 e. The summed E-state index contributed by atoms with van der Waals surface area (Å²) in [4.78, 5) is 14.0. The van der Waals surface area contributed by atoms with Crippen LogP contribution in [-0.4, -0.2) is 38.9 Å². The highest BCUT2D eigenvalue weighted by Crippen LogP contribution is 2.21. The summed E-state index contributed by atoms with van der Waals surface area (Å²) >= 11 is 0. The second kappa shape index (κ2) is 6.65. The molecule has 6 heteroatoms. The Bertz CT molecular complexity index is 834. The van der Waals surface area contributed by atoms with Crippen molar-refractivity contribution in [2.24, 2.45) is 0 Å². The number of sulfone groups is 1. The Morgan fingerprint density at radius 1 is 1.12 bits per heavy atom. The molecular weight excluding hydrogens is 324 g/mol. The second-order valence-corrected chi connectivity index (χ2v) is 8.01. The SMILES string of the molecule is CN1CCC(Nc2cccc(CS(=O)(=O)c3ccccc3)c2)C1=O. The van der Waals surface area contributed by atoms with E-state index in [1.54, 1.807) is 60.5 Å². The molecule has 126 valence electrons. The van der Waals surface area contributed by atoms with Gasteiger partial charge >= 0.3 is 0 Å². The molecule has 24 heavy (non-hydrogen) atoms. The number of nitrogens with zero attached hydrogens (tertiary/aromatic N) is 1. The van der Waals surface area contributed by atoms with Crippen molar-refractivity contribution in [2.75, 3.05) is 18.9 Å². The van der Waals surface area contributed by atoms with Crippen molar-refractivity contribution < 1.29 is 13.2 Å². The van der Waals surface area contributed by atoms with E-state index in [0.717, 1.165) is 18.7 Å². The first-order valence-electron chi connectivity index (χ1n) is 7.84. The van der Waals surface area contributed by atoms with Crippen molar-refractivity contribution >= 4 is 21.4 Å². The summed E-state index contributed by atoms with van der Waals surface area (Å²) < 4.78 is 24.9. The lowest BCUT2D eigenvalue weighted by Gasteiger charge is -2.14. The van der Waals surface area contributed by atoms with Gasteiger partial charge in [-0.25, -0.2) is 8.42 Å². The molecule has 0 saturated carbocycles. The van der Waals surface area contributed by atoms with Crippen molar-refractivity contribution in [3.05, 3.63) is 60.2 Å². The number of nitrogens with one attached hydrogen (secondary N) is 1. The van der Waals surface area contributed by atoms with Gasteiger partial charge in [-0.05, 0) is 36.2 Å². The molecular formula is C18H20N2O3S. The summed E-state index contributed by atoms with van der Waals surface area (Å²) in [6, 6.07) is 15.4. The molecule has 1 aliphatic rings. The molecule has 3 rings (SSSR count). The molecule has 1 N–H and O–H groups in total.